The third-order valence-electron chi connectivity index (χ3n) is 5.17. The topological polar surface area (TPSA) is 38.3 Å². The van der Waals surface area contributed by atoms with Crippen LogP contribution in [0.5, 0.6) is 5.75 Å². The molecule has 3 aromatic rings. The van der Waals surface area contributed by atoms with Gasteiger partial charge < -0.3 is 10.1 Å². The van der Waals surface area contributed by atoms with Crippen LogP contribution in [0.25, 0.3) is 11.1 Å². The Bertz CT molecular complexity index is 896. The SMILES string of the molecule is O=C(Cc1ccc(-c2ccccc2)cc1)Nc1ccc(OC2CCCC2)cc1. The Morgan fingerprint density at radius 2 is 1.46 bits per heavy atom. The van der Waals surface area contributed by atoms with Gasteiger partial charge in [0.1, 0.15) is 5.75 Å². The largest absolute Gasteiger partial charge is 0.490 e. The lowest BCUT2D eigenvalue weighted by Crippen LogP contribution is -2.14. The summed E-state index contributed by atoms with van der Waals surface area (Å²) < 4.78 is 5.97. The normalized spacial score (nSPS) is 14.0. The molecule has 3 aromatic carbocycles. The summed E-state index contributed by atoms with van der Waals surface area (Å²) in [5.74, 6) is 0.860. The maximum atomic E-state index is 12.4. The molecule has 0 unspecified atom stereocenters. The van der Waals surface area contributed by atoms with Crippen LogP contribution < -0.4 is 10.1 Å². The van der Waals surface area contributed by atoms with Crippen LogP contribution in [0.1, 0.15) is 31.2 Å². The molecule has 28 heavy (non-hydrogen) atoms. The molecule has 0 radical (unpaired) electrons. The first kappa shape index (κ1) is 18.3. The summed E-state index contributed by atoms with van der Waals surface area (Å²) in [5, 5.41) is 2.96. The van der Waals surface area contributed by atoms with Crippen molar-refractivity contribution in [2.45, 2.75) is 38.2 Å². The van der Waals surface area contributed by atoms with Crippen molar-refractivity contribution in [3.63, 3.8) is 0 Å². The molecular formula is C25H25NO2. The van der Waals surface area contributed by atoms with Gasteiger partial charge in [0.2, 0.25) is 5.91 Å². The number of hydrogen-bond acceptors (Lipinski definition) is 2. The molecule has 0 heterocycles. The number of carbonyl (C=O) groups is 1. The van der Waals surface area contributed by atoms with Crippen molar-refractivity contribution < 1.29 is 9.53 Å². The van der Waals surface area contributed by atoms with Crippen LogP contribution >= 0.6 is 0 Å². The van der Waals surface area contributed by atoms with Crippen LogP contribution in [-0.4, -0.2) is 12.0 Å². The van der Waals surface area contributed by atoms with Crippen molar-refractivity contribution in [2.75, 3.05) is 5.32 Å². The zero-order valence-corrected chi connectivity index (χ0v) is 15.9. The molecule has 1 saturated carbocycles. The smallest absolute Gasteiger partial charge is 0.228 e. The van der Waals surface area contributed by atoms with Gasteiger partial charge in [-0.2, -0.15) is 0 Å². The van der Waals surface area contributed by atoms with Crippen LogP contribution in [0, 0.1) is 0 Å². The number of amides is 1. The molecule has 1 aliphatic rings. The molecule has 1 fully saturated rings. The number of benzene rings is 3. The lowest BCUT2D eigenvalue weighted by Gasteiger charge is -2.13. The minimum atomic E-state index is -0.0167. The second kappa shape index (κ2) is 8.75. The third-order valence-corrected chi connectivity index (χ3v) is 5.17. The second-order valence-electron chi connectivity index (χ2n) is 7.34. The molecule has 1 N–H and O–H groups in total. The fraction of sp³-hybridized carbons (Fsp3) is 0.240. The Labute approximate surface area is 166 Å². The summed E-state index contributed by atoms with van der Waals surface area (Å²) in [6, 6.07) is 26.1. The highest BCUT2D eigenvalue weighted by molar-refractivity contribution is 5.92. The highest BCUT2D eigenvalue weighted by atomic mass is 16.5. The third kappa shape index (κ3) is 4.80. The molecule has 0 saturated heterocycles. The monoisotopic (exact) mass is 371 g/mol. The molecule has 3 nitrogen and oxygen atoms in total. The average Bonchev–Trinajstić information content (AvgIpc) is 3.24. The minimum absolute atomic E-state index is 0.0167. The Morgan fingerprint density at radius 1 is 0.821 bits per heavy atom. The maximum absolute atomic E-state index is 12.4. The van der Waals surface area contributed by atoms with Crippen molar-refractivity contribution in [1.29, 1.82) is 0 Å². The summed E-state index contributed by atoms with van der Waals surface area (Å²) in [6.07, 6.45) is 5.49. The first-order chi connectivity index (χ1) is 13.8. The summed E-state index contributed by atoms with van der Waals surface area (Å²) in [6.45, 7) is 0. The van der Waals surface area contributed by atoms with Crippen molar-refractivity contribution in [2.24, 2.45) is 0 Å². The maximum Gasteiger partial charge on any atom is 0.228 e. The summed E-state index contributed by atoms with van der Waals surface area (Å²) in [4.78, 5) is 12.4. The van der Waals surface area contributed by atoms with Crippen LogP contribution in [0.4, 0.5) is 5.69 Å². The van der Waals surface area contributed by atoms with E-state index >= 15 is 0 Å². The zero-order valence-electron chi connectivity index (χ0n) is 15.9. The van der Waals surface area contributed by atoms with Crippen LogP contribution in [0.3, 0.4) is 0 Å². The van der Waals surface area contributed by atoms with E-state index in [0.717, 1.165) is 35.4 Å². The van der Waals surface area contributed by atoms with E-state index in [1.54, 1.807) is 0 Å². The molecule has 3 heteroatoms. The number of rotatable bonds is 6. The van der Waals surface area contributed by atoms with E-state index in [2.05, 4.69) is 29.6 Å². The molecule has 142 valence electrons. The summed E-state index contributed by atoms with van der Waals surface area (Å²) in [5.41, 5.74) is 4.13. The number of nitrogens with one attached hydrogen (secondary N) is 1. The van der Waals surface area contributed by atoms with E-state index in [1.807, 2.05) is 54.6 Å². The van der Waals surface area contributed by atoms with Gasteiger partial charge in [0, 0.05) is 5.69 Å². The fourth-order valence-electron chi connectivity index (χ4n) is 3.65. The van der Waals surface area contributed by atoms with Crippen molar-refractivity contribution in [1.82, 2.24) is 0 Å². The van der Waals surface area contributed by atoms with E-state index < -0.39 is 0 Å². The van der Waals surface area contributed by atoms with Gasteiger partial charge in [0.25, 0.3) is 0 Å². The Kier molecular flexibility index (Phi) is 5.72. The first-order valence-electron chi connectivity index (χ1n) is 9.97. The predicted molar refractivity (Wildman–Crippen MR) is 114 cm³/mol. The summed E-state index contributed by atoms with van der Waals surface area (Å²) >= 11 is 0. The van der Waals surface area contributed by atoms with Gasteiger partial charge in [-0.15, -0.1) is 0 Å². The standard InChI is InChI=1S/C25H25NO2/c27-25(18-19-10-12-21(13-11-19)20-6-2-1-3-7-20)26-22-14-16-24(17-15-22)28-23-8-4-5-9-23/h1-3,6-7,10-17,23H,4-5,8-9,18H2,(H,26,27). The van der Waals surface area contributed by atoms with Gasteiger partial charge in [-0.1, -0.05) is 54.6 Å². The predicted octanol–water partition coefficient (Wildman–Crippen LogP) is 5.86. The highest BCUT2D eigenvalue weighted by Gasteiger charge is 2.16. The van der Waals surface area contributed by atoms with E-state index in [4.69, 9.17) is 4.74 Å². The van der Waals surface area contributed by atoms with Gasteiger partial charge in [-0.25, -0.2) is 0 Å². The van der Waals surface area contributed by atoms with Crippen LogP contribution in [-0.2, 0) is 11.2 Å². The van der Waals surface area contributed by atoms with Crippen molar-refractivity contribution in [3.05, 3.63) is 84.4 Å². The molecule has 0 atom stereocenters. The molecule has 4 rings (SSSR count). The number of ether oxygens (including phenoxy) is 1. The highest BCUT2D eigenvalue weighted by Crippen LogP contribution is 2.25. The molecule has 0 aliphatic heterocycles. The molecule has 1 aliphatic carbocycles. The Hall–Kier alpha value is -3.07. The van der Waals surface area contributed by atoms with Gasteiger partial charge in [0.05, 0.1) is 12.5 Å². The van der Waals surface area contributed by atoms with E-state index in [9.17, 15) is 4.79 Å². The molecule has 0 aromatic heterocycles. The molecule has 0 spiro atoms. The van der Waals surface area contributed by atoms with E-state index in [0.29, 0.717) is 12.5 Å². The van der Waals surface area contributed by atoms with Crippen molar-refractivity contribution in [3.8, 4) is 16.9 Å². The van der Waals surface area contributed by atoms with Gasteiger partial charge in [-0.3, -0.25) is 4.79 Å². The number of hydrogen-bond donors (Lipinski definition) is 1. The summed E-state index contributed by atoms with van der Waals surface area (Å²) in [7, 11) is 0. The average molecular weight is 371 g/mol. The van der Waals surface area contributed by atoms with Crippen molar-refractivity contribution >= 4 is 11.6 Å². The van der Waals surface area contributed by atoms with Crippen LogP contribution in [0.15, 0.2) is 78.9 Å². The molecule has 0 bridgehead atoms. The molecular weight excluding hydrogens is 346 g/mol. The molecule has 1 amide bonds. The lowest BCUT2D eigenvalue weighted by atomic mass is 10.0. The van der Waals surface area contributed by atoms with E-state index in [1.165, 1.54) is 18.4 Å². The van der Waals surface area contributed by atoms with Gasteiger partial charge in [-0.05, 0) is 66.6 Å². The number of carbonyl (C=O) groups excluding carboxylic acids is 1. The van der Waals surface area contributed by atoms with E-state index in [-0.39, 0.29) is 5.91 Å². The van der Waals surface area contributed by atoms with Crippen LogP contribution in [0.2, 0.25) is 0 Å². The van der Waals surface area contributed by atoms with Gasteiger partial charge in [0.15, 0.2) is 0 Å². The lowest BCUT2D eigenvalue weighted by molar-refractivity contribution is -0.115. The number of anilines is 1. The second-order valence-corrected chi connectivity index (χ2v) is 7.34. The Balaban J connectivity index is 1.31. The minimum Gasteiger partial charge on any atom is -0.490 e. The first-order valence-corrected chi connectivity index (χ1v) is 9.97. The fourth-order valence-corrected chi connectivity index (χ4v) is 3.65. The zero-order chi connectivity index (χ0) is 19.2. The quantitative estimate of drug-likeness (QED) is 0.590. The van der Waals surface area contributed by atoms with Gasteiger partial charge >= 0.3 is 0 Å². The Morgan fingerprint density at radius 3 is 2.14 bits per heavy atom.